The number of likely N-dealkylation sites (tertiary alicyclic amines) is 1. The second kappa shape index (κ2) is 8.18. The van der Waals surface area contributed by atoms with Crippen molar-refractivity contribution in [2.24, 2.45) is 0 Å². The van der Waals surface area contributed by atoms with Crippen molar-refractivity contribution in [1.29, 1.82) is 0 Å². The molecule has 2 amide bonds. The molecule has 3 rings (SSSR count). The molecule has 0 spiro atoms. The highest BCUT2D eigenvalue weighted by Gasteiger charge is 2.22. The Morgan fingerprint density at radius 2 is 1.73 bits per heavy atom. The molecule has 1 aliphatic heterocycles. The Bertz CT molecular complexity index is 853. The Hall–Kier alpha value is -1.92. The molecule has 0 unspecified atom stereocenters. The summed E-state index contributed by atoms with van der Waals surface area (Å²) in [6.07, 6.45) is 3.07. The number of anilines is 1. The lowest BCUT2D eigenvalue weighted by atomic mass is 10.1. The number of carbonyl (C=O) groups excluding carboxylic acids is 2. The molecule has 4 nitrogen and oxygen atoms in total. The summed E-state index contributed by atoms with van der Waals surface area (Å²) < 4.78 is 13.6. The highest BCUT2D eigenvalue weighted by molar-refractivity contribution is 9.10. The van der Waals surface area contributed by atoms with Gasteiger partial charge in [-0.15, -0.1) is 0 Å². The third kappa shape index (κ3) is 4.24. The van der Waals surface area contributed by atoms with Gasteiger partial charge in [-0.2, -0.15) is 0 Å². The van der Waals surface area contributed by atoms with E-state index in [0.29, 0.717) is 33.8 Å². The number of carbonyl (C=O) groups is 2. The molecule has 2 aromatic carbocycles. The van der Waals surface area contributed by atoms with Crippen molar-refractivity contribution in [2.75, 3.05) is 18.4 Å². The van der Waals surface area contributed by atoms with Gasteiger partial charge in [-0.3, -0.25) is 9.59 Å². The number of rotatable bonds is 3. The van der Waals surface area contributed by atoms with E-state index in [1.807, 2.05) is 0 Å². The van der Waals surface area contributed by atoms with Crippen molar-refractivity contribution in [3.8, 4) is 0 Å². The predicted octanol–water partition coefficient (Wildman–Crippen LogP) is 5.12. The lowest BCUT2D eigenvalue weighted by molar-refractivity contribution is 0.0725. The first-order chi connectivity index (χ1) is 12.5. The lowest BCUT2D eigenvalue weighted by Gasteiger charge is -2.27. The number of nitrogens with one attached hydrogen (secondary N) is 1. The first kappa shape index (κ1) is 18.9. The van der Waals surface area contributed by atoms with Crippen LogP contribution >= 0.6 is 27.5 Å². The standard InChI is InChI=1S/C19H17BrClFN2O2/c20-16-11-13(22)5-7-14(16)18(25)23-17-10-12(21)4-6-15(17)19(26)24-8-2-1-3-9-24/h4-7,10-11H,1-3,8-9H2,(H,23,25). The normalized spacial score (nSPS) is 14.2. The SMILES string of the molecule is O=C(Nc1cc(Cl)ccc1C(=O)N1CCCCC1)c1ccc(F)cc1Br. The van der Waals surface area contributed by atoms with E-state index in [1.165, 1.54) is 18.2 Å². The molecule has 0 radical (unpaired) electrons. The number of amides is 2. The average molecular weight is 440 g/mol. The molecule has 0 aliphatic carbocycles. The minimum absolute atomic E-state index is 0.130. The highest BCUT2D eigenvalue weighted by atomic mass is 79.9. The molecule has 0 bridgehead atoms. The van der Waals surface area contributed by atoms with Crippen molar-refractivity contribution in [3.63, 3.8) is 0 Å². The van der Waals surface area contributed by atoms with E-state index >= 15 is 0 Å². The molecule has 26 heavy (non-hydrogen) atoms. The van der Waals surface area contributed by atoms with Gasteiger partial charge >= 0.3 is 0 Å². The molecular weight excluding hydrogens is 423 g/mol. The molecule has 7 heteroatoms. The fourth-order valence-corrected chi connectivity index (χ4v) is 3.64. The maximum atomic E-state index is 13.2. The van der Waals surface area contributed by atoms with Crippen LogP contribution in [0.3, 0.4) is 0 Å². The molecule has 1 heterocycles. The molecule has 2 aromatic rings. The number of hydrogen-bond donors (Lipinski definition) is 1. The molecule has 0 atom stereocenters. The number of nitrogens with zero attached hydrogens (tertiary/aromatic N) is 1. The molecule has 1 aliphatic rings. The van der Waals surface area contributed by atoms with Crippen LogP contribution in [0.25, 0.3) is 0 Å². The first-order valence-electron chi connectivity index (χ1n) is 8.31. The number of halogens is 3. The molecule has 0 aromatic heterocycles. The van der Waals surface area contributed by atoms with E-state index in [9.17, 15) is 14.0 Å². The van der Waals surface area contributed by atoms with Crippen LogP contribution in [-0.2, 0) is 0 Å². The largest absolute Gasteiger partial charge is 0.339 e. The van der Waals surface area contributed by atoms with Gasteiger partial charge in [0.1, 0.15) is 5.82 Å². The summed E-state index contributed by atoms with van der Waals surface area (Å²) in [5, 5.41) is 3.14. The molecule has 1 saturated heterocycles. The molecular formula is C19H17BrClFN2O2. The molecule has 0 saturated carbocycles. The number of hydrogen-bond acceptors (Lipinski definition) is 2. The van der Waals surface area contributed by atoms with Crippen LogP contribution < -0.4 is 5.32 Å². The van der Waals surface area contributed by atoms with E-state index in [-0.39, 0.29) is 11.5 Å². The van der Waals surface area contributed by atoms with Gasteiger partial charge in [0.15, 0.2) is 0 Å². The van der Waals surface area contributed by atoms with Crippen LogP contribution in [0.15, 0.2) is 40.9 Å². The van der Waals surface area contributed by atoms with Gasteiger partial charge in [0.05, 0.1) is 16.8 Å². The van der Waals surface area contributed by atoms with E-state index in [0.717, 1.165) is 19.3 Å². The van der Waals surface area contributed by atoms with Crippen molar-refractivity contribution in [3.05, 3.63) is 62.8 Å². The van der Waals surface area contributed by atoms with Crippen LogP contribution in [0, 0.1) is 5.82 Å². The Balaban J connectivity index is 1.88. The zero-order chi connectivity index (χ0) is 18.7. The highest BCUT2D eigenvalue weighted by Crippen LogP contribution is 2.26. The third-order valence-corrected chi connectivity index (χ3v) is 5.17. The maximum Gasteiger partial charge on any atom is 0.256 e. The third-order valence-electron chi connectivity index (χ3n) is 4.28. The Morgan fingerprint density at radius 3 is 2.42 bits per heavy atom. The predicted molar refractivity (Wildman–Crippen MR) is 103 cm³/mol. The van der Waals surface area contributed by atoms with Crippen molar-refractivity contribution in [2.45, 2.75) is 19.3 Å². The zero-order valence-electron chi connectivity index (χ0n) is 13.9. The summed E-state index contributed by atoms with van der Waals surface area (Å²) in [6, 6.07) is 8.60. The Morgan fingerprint density at radius 1 is 1.04 bits per heavy atom. The quantitative estimate of drug-likeness (QED) is 0.721. The second-order valence-electron chi connectivity index (χ2n) is 6.12. The van der Waals surface area contributed by atoms with Crippen LogP contribution in [0.4, 0.5) is 10.1 Å². The Kier molecular flexibility index (Phi) is 5.94. The number of piperidine rings is 1. The smallest absolute Gasteiger partial charge is 0.256 e. The van der Waals surface area contributed by atoms with E-state index in [2.05, 4.69) is 21.2 Å². The fourth-order valence-electron chi connectivity index (χ4n) is 2.94. The average Bonchev–Trinajstić information content (AvgIpc) is 2.62. The van der Waals surface area contributed by atoms with Crippen LogP contribution in [0.1, 0.15) is 40.0 Å². The van der Waals surface area contributed by atoms with Crippen molar-refractivity contribution in [1.82, 2.24) is 4.90 Å². The Labute approximate surface area is 164 Å². The first-order valence-corrected chi connectivity index (χ1v) is 9.48. The summed E-state index contributed by atoms with van der Waals surface area (Å²) in [5.74, 6) is -1.03. The van der Waals surface area contributed by atoms with Gasteiger partial charge in [0.25, 0.3) is 11.8 Å². The van der Waals surface area contributed by atoms with Crippen molar-refractivity contribution < 1.29 is 14.0 Å². The fraction of sp³-hybridized carbons (Fsp3) is 0.263. The summed E-state index contributed by atoms with van der Waals surface area (Å²) in [6.45, 7) is 1.41. The van der Waals surface area contributed by atoms with Crippen molar-refractivity contribution >= 4 is 45.0 Å². The van der Waals surface area contributed by atoms with E-state index in [1.54, 1.807) is 23.1 Å². The minimum atomic E-state index is -0.452. The van der Waals surface area contributed by atoms with E-state index < -0.39 is 11.7 Å². The summed E-state index contributed by atoms with van der Waals surface area (Å²) >= 11 is 9.24. The zero-order valence-corrected chi connectivity index (χ0v) is 16.2. The minimum Gasteiger partial charge on any atom is -0.339 e. The van der Waals surface area contributed by atoms with Gasteiger partial charge in [-0.1, -0.05) is 11.6 Å². The van der Waals surface area contributed by atoms with Gasteiger partial charge in [-0.05, 0) is 71.6 Å². The summed E-state index contributed by atoms with van der Waals surface area (Å²) in [4.78, 5) is 27.2. The number of benzene rings is 2. The van der Waals surface area contributed by atoms with Gasteiger partial charge < -0.3 is 10.2 Å². The lowest BCUT2D eigenvalue weighted by Crippen LogP contribution is -2.36. The van der Waals surface area contributed by atoms with Gasteiger partial charge in [0, 0.05) is 22.6 Å². The maximum absolute atomic E-state index is 13.2. The monoisotopic (exact) mass is 438 g/mol. The van der Waals surface area contributed by atoms with Crippen LogP contribution in [0.5, 0.6) is 0 Å². The van der Waals surface area contributed by atoms with Crippen LogP contribution in [-0.4, -0.2) is 29.8 Å². The molecule has 1 N–H and O–H groups in total. The topological polar surface area (TPSA) is 49.4 Å². The van der Waals surface area contributed by atoms with Crippen LogP contribution in [0.2, 0.25) is 5.02 Å². The summed E-state index contributed by atoms with van der Waals surface area (Å²) in [7, 11) is 0. The van der Waals surface area contributed by atoms with Gasteiger partial charge in [0.2, 0.25) is 0 Å². The molecule has 1 fully saturated rings. The van der Waals surface area contributed by atoms with Gasteiger partial charge in [-0.25, -0.2) is 4.39 Å². The van der Waals surface area contributed by atoms with E-state index in [4.69, 9.17) is 11.6 Å². The summed E-state index contributed by atoms with van der Waals surface area (Å²) in [5.41, 5.74) is 1.000. The second-order valence-corrected chi connectivity index (χ2v) is 7.41. The molecule has 136 valence electrons.